The third kappa shape index (κ3) is 1.52. The van der Waals surface area contributed by atoms with Gasteiger partial charge in [-0.05, 0) is 24.3 Å². The van der Waals surface area contributed by atoms with Crippen LogP contribution in [0.5, 0.6) is 0 Å². The summed E-state index contributed by atoms with van der Waals surface area (Å²) in [6.07, 6.45) is 3.39. The Morgan fingerprint density at radius 3 is 2.83 bits per heavy atom. The molecule has 2 heterocycles. The lowest BCUT2D eigenvalue weighted by Crippen LogP contribution is -1.95. The Kier molecular flexibility index (Phi) is 2.26. The van der Waals surface area contributed by atoms with Gasteiger partial charge in [-0.25, -0.2) is 9.37 Å². The Morgan fingerprint density at radius 1 is 1.28 bits per heavy atom. The molecule has 0 radical (unpaired) electrons. The maximum absolute atomic E-state index is 13.5. The first-order valence-corrected chi connectivity index (χ1v) is 5.48. The smallest absolute Gasteiger partial charge is 0.146 e. The molecule has 4 nitrogen and oxygen atoms in total. The van der Waals surface area contributed by atoms with E-state index in [0.29, 0.717) is 11.4 Å². The number of halogens is 1. The van der Waals surface area contributed by atoms with Gasteiger partial charge >= 0.3 is 0 Å². The molecule has 3 aromatic rings. The van der Waals surface area contributed by atoms with Crippen molar-refractivity contribution in [3.63, 3.8) is 0 Å². The molecule has 3 rings (SSSR count). The van der Waals surface area contributed by atoms with Gasteiger partial charge in [-0.15, -0.1) is 0 Å². The predicted molar refractivity (Wildman–Crippen MR) is 68.3 cm³/mol. The van der Waals surface area contributed by atoms with Gasteiger partial charge in [-0.2, -0.15) is 0 Å². The molecule has 1 aromatic carbocycles. The van der Waals surface area contributed by atoms with E-state index in [-0.39, 0.29) is 5.69 Å². The summed E-state index contributed by atoms with van der Waals surface area (Å²) >= 11 is 0. The van der Waals surface area contributed by atoms with Crippen molar-refractivity contribution in [2.24, 2.45) is 7.05 Å². The number of fused-ring (bicyclic) bond motifs is 1. The number of nitrogens with two attached hydrogens (primary N) is 1. The molecule has 18 heavy (non-hydrogen) atoms. The average Bonchev–Trinajstić information content (AvgIpc) is 2.71. The largest absolute Gasteiger partial charge is 0.396 e. The zero-order chi connectivity index (χ0) is 12.7. The standard InChI is InChI=1S/C13H11FN4/c1-18-12-4-5-16-7-11(12)17-13(18)8-2-3-10(15)9(14)6-8/h2-7H,15H2,1H3. The molecule has 0 spiro atoms. The van der Waals surface area contributed by atoms with E-state index in [0.717, 1.165) is 11.0 Å². The first-order valence-electron chi connectivity index (χ1n) is 5.48. The highest BCUT2D eigenvalue weighted by Crippen LogP contribution is 2.25. The van der Waals surface area contributed by atoms with E-state index in [4.69, 9.17) is 5.73 Å². The van der Waals surface area contributed by atoms with Gasteiger partial charge in [0, 0.05) is 18.8 Å². The summed E-state index contributed by atoms with van der Waals surface area (Å²) in [4.78, 5) is 8.47. The molecule has 0 unspecified atom stereocenters. The van der Waals surface area contributed by atoms with Crippen molar-refractivity contribution in [2.45, 2.75) is 0 Å². The van der Waals surface area contributed by atoms with Gasteiger partial charge in [0.25, 0.3) is 0 Å². The lowest BCUT2D eigenvalue weighted by molar-refractivity contribution is 0.633. The number of imidazole rings is 1. The summed E-state index contributed by atoms with van der Waals surface area (Å²) in [5.41, 5.74) is 8.04. The molecule has 5 heteroatoms. The topological polar surface area (TPSA) is 56.7 Å². The van der Waals surface area contributed by atoms with Crippen LogP contribution in [0, 0.1) is 5.82 Å². The Balaban J connectivity index is 2.25. The van der Waals surface area contributed by atoms with Crippen molar-refractivity contribution in [1.29, 1.82) is 0 Å². The molecule has 2 N–H and O–H groups in total. The summed E-state index contributed by atoms with van der Waals surface area (Å²) in [7, 11) is 1.89. The van der Waals surface area contributed by atoms with Crippen molar-refractivity contribution >= 4 is 16.7 Å². The maximum atomic E-state index is 13.5. The van der Waals surface area contributed by atoms with Crippen LogP contribution < -0.4 is 5.73 Å². The van der Waals surface area contributed by atoms with Crippen molar-refractivity contribution in [3.8, 4) is 11.4 Å². The number of aromatic nitrogens is 3. The maximum Gasteiger partial charge on any atom is 0.146 e. The molecule has 0 aliphatic heterocycles. The van der Waals surface area contributed by atoms with Crippen LogP contribution in [0.1, 0.15) is 0 Å². The van der Waals surface area contributed by atoms with E-state index >= 15 is 0 Å². The van der Waals surface area contributed by atoms with E-state index in [9.17, 15) is 4.39 Å². The summed E-state index contributed by atoms with van der Waals surface area (Å²) in [5, 5.41) is 0. The number of hydrogen-bond donors (Lipinski definition) is 1. The fourth-order valence-corrected chi connectivity index (χ4v) is 1.98. The van der Waals surface area contributed by atoms with Crippen molar-refractivity contribution in [1.82, 2.24) is 14.5 Å². The molecule has 0 saturated carbocycles. The molecule has 0 fully saturated rings. The molecule has 0 amide bonds. The Bertz CT molecular complexity index is 733. The van der Waals surface area contributed by atoms with Gasteiger partial charge in [0.05, 0.1) is 17.4 Å². The van der Waals surface area contributed by atoms with Crippen LogP contribution in [0.25, 0.3) is 22.4 Å². The van der Waals surface area contributed by atoms with E-state index in [2.05, 4.69) is 9.97 Å². The van der Waals surface area contributed by atoms with Crippen molar-refractivity contribution in [2.75, 3.05) is 5.73 Å². The van der Waals surface area contributed by atoms with Gasteiger partial charge in [0.1, 0.15) is 17.2 Å². The second-order valence-corrected chi connectivity index (χ2v) is 4.10. The predicted octanol–water partition coefficient (Wildman–Crippen LogP) is 2.36. The quantitative estimate of drug-likeness (QED) is 0.666. The number of nitrogen functional groups attached to an aromatic ring is 1. The molecule has 0 aliphatic carbocycles. The molecule has 0 aliphatic rings. The second-order valence-electron chi connectivity index (χ2n) is 4.10. The van der Waals surface area contributed by atoms with Crippen molar-refractivity contribution in [3.05, 3.63) is 42.5 Å². The molecule has 0 saturated heterocycles. The lowest BCUT2D eigenvalue weighted by Gasteiger charge is -2.03. The Morgan fingerprint density at radius 2 is 2.11 bits per heavy atom. The van der Waals surface area contributed by atoms with Gasteiger partial charge in [0.2, 0.25) is 0 Å². The summed E-state index contributed by atoms with van der Waals surface area (Å²) in [6.45, 7) is 0. The fraction of sp³-hybridized carbons (Fsp3) is 0.0769. The lowest BCUT2D eigenvalue weighted by atomic mass is 10.2. The first kappa shape index (κ1) is 10.7. The highest BCUT2D eigenvalue weighted by Gasteiger charge is 2.11. The zero-order valence-electron chi connectivity index (χ0n) is 9.76. The van der Waals surface area contributed by atoms with Gasteiger partial charge in [-0.1, -0.05) is 0 Å². The van der Waals surface area contributed by atoms with E-state index < -0.39 is 5.82 Å². The Labute approximate surface area is 103 Å². The van der Waals surface area contributed by atoms with Crippen LogP contribution in [0.3, 0.4) is 0 Å². The first-order chi connectivity index (χ1) is 8.66. The van der Waals surface area contributed by atoms with Crippen LogP contribution in [0.15, 0.2) is 36.7 Å². The van der Waals surface area contributed by atoms with Crippen LogP contribution in [-0.4, -0.2) is 14.5 Å². The second kappa shape index (κ2) is 3.80. The molecule has 0 bridgehead atoms. The minimum absolute atomic E-state index is 0.138. The third-order valence-electron chi connectivity index (χ3n) is 2.94. The minimum Gasteiger partial charge on any atom is -0.396 e. The number of aryl methyl sites for hydroxylation is 1. The van der Waals surface area contributed by atoms with E-state index in [1.54, 1.807) is 24.5 Å². The SMILES string of the molecule is Cn1c(-c2ccc(N)c(F)c2)nc2cnccc21. The summed E-state index contributed by atoms with van der Waals surface area (Å²) in [5.74, 6) is 0.259. The third-order valence-corrected chi connectivity index (χ3v) is 2.94. The number of hydrogen-bond acceptors (Lipinski definition) is 3. The number of pyridine rings is 1. The monoisotopic (exact) mass is 242 g/mol. The summed E-state index contributed by atoms with van der Waals surface area (Å²) < 4.78 is 15.4. The van der Waals surface area contributed by atoms with E-state index in [1.807, 2.05) is 17.7 Å². The highest BCUT2D eigenvalue weighted by molar-refractivity contribution is 5.79. The number of benzene rings is 1. The molecular formula is C13H11FN4. The van der Waals surface area contributed by atoms with Crippen LogP contribution in [-0.2, 0) is 7.05 Å². The molecule has 2 aromatic heterocycles. The molecule has 90 valence electrons. The molecular weight excluding hydrogens is 231 g/mol. The van der Waals surface area contributed by atoms with Crippen LogP contribution in [0.4, 0.5) is 10.1 Å². The van der Waals surface area contributed by atoms with Crippen LogP contribution >= 0.6 is 0 Å². The fourth-order valence-electron chi connectivity index (χ4n) is 1.98. The normalized spacial score (nSPS) is 11.0. The molecule has 0 atom stereocenters. The van der Waals surface area contributed by atoms with Crippen molar-refractivity contribution < 1.29 is 4.39 Å². The Hall–Kier alpha value is -2.43. The number of anilines is 1. The number of rotatable bonds is 1. The summed E-state index contributed by atoms with van der Waals surface area (Å²) in [6, 6.07) is 6.57. The zero-order valence-corrected chi connectivity index (χ0v) is 9.76. The van der Waals surface area contributed by atoms with E-state index in [1.165, 1.54) is 6.07 Å². The minimum atomic E-state index is -0.433. The van der Waals surface area contributed by atoms with Crippen LogP contribution in [0.2, 0.25) is 0 Å². The van der Waals surface area contributed by atoms with Gasteiger partial charge < -0.3 is 10.3 Å². The van der Waals surface area contributed by atoms with Gasteiger partial charge in [-0.3, -0.25) is 4.98 Å². The average molecular weight is 242 g/mol. The highest BCUT2D eigenvalue weighted by atomic mass is 19.1. The van der Waals surface area contributed by atoms with Gasteiger partial charge in [0.15, 0.2) is 0 Å². The number of nitrogens with zero attached hydrogens (tertiary/aromatic N) is 3.